The molecule has 1 aliphatic heterocycles. The third-order valence-corrected chi connectivity index (χ3v) is 3.78. The Bertz CT molecular complexity index is 642. The molecule has 0 atom stereocenters. The summed E-state index contributed by atoms with van der Waals surface area (Å²) in [7, 11) is 1.53. The normalized spacial score (nSPS) is 14.3. The molecular weight excluding hydrogens is 310 g/mol. The zero-order chi connectivity index (χ0) is 17.5. The number of aliphatic carboxylic acids is 1. The molecule has 2 amide bonds. The SMILES string of the molecule is CN1N=C(C(=O)N(CCCC(=O)O)Cc2ccccc2)CCC1=O. The smallest absolute Gasteiger partial charge is 0.303 e. The number of hydrogen-bond donors (Lipinski definition) is 1. The van der Waals surface area contributed by atoms with E-state index in [0.29, 0.717) is 31.6 Å². The van der Waals surface area contributed by atoms with Crippen molar-refractivity contribution < 1.29 is 19.5 Å². The zero-order valence-corrected chi connectivity index (χ0v) is 13.6. The van der Waals surface area contributed by atoms with Crippen LogP contribution in [0.2, 0.25) is 0 Å². The summed E-state index contributed by atoms with van der Waals surface area (Å²) >= 11 is 0. The molecule has 2 rings (SSSR count). The van der Waals surface area contributed by atoms with Gasteiger partial charge in [0.1, 0.15) is 5.71 Å². The lowest BCUT2D eigenvalue weighted by atomic mass is 10.1. The minimum absolute atomic E-state index is 0.00341. The average molecular weight is 331 g/mol. The average Bonchev–Trinajstić information content (AvgIpc) is 2.56. The first-order valence-corrected chi connectivity index (χ1v) is 7.86. The third kappa shape index (κ3) is 4.91. The highest BCUT2D eigenvalue weighted by molar-refractivity contribution is 6.39. The van der Waals surface area contributed by atoms with Crippen molar-refractivity contribution in [1.82, 2.24) is 9.91 Å². The summed E-state index contributed by atoms with van der Waals surface area (Å²) in [6.45, 7) is 0.715. The van der Waals surface area contributed by atoms with Crippen molar-refractivity contribution in [2.24, 2.45) is 5.10 Å². The predicted octanol–water partition coefficient (Wildman–Crippen LogP) is 1.49. The number of carboxylic acid groups (broad SMARTS) is 1. The number of nitrogens with zero attached hydrogens (tertiary/aromatic N) is 3. The number of rotatable bonds is 7. The van der Waals surface area contributed by atoms with Gasteiger partial charge in [-0.3, -0.25) is 14.4 Å². The molecule has 0 aromatic heterocycles. The fraction of sp³-hybridized carbons (Fsp3) is 0.412. The van der Waals surface area contributed by atoms with Gasteiger partial charge in [-0.05, 0) is 12.0 Å². The van der Waals surface area contributed by atoms with Crippen molar-refractivity contribution in [2.45, 2.75) is 32.2 Å². The number of amides is 2. The molecule has 0 spiro atoms. The molecule has 1 heterocycles. The van der Waals surface area contributed by atoms with E-state index >= 15 is 0 Å². The lowest BCUT2D eigenvalue weighted by Crippen LogP contribution is -2.40. The molecule has 7 heteroatoms. The van der Waals surface area contributed by atoms with Crippen molar-refractivity contribution >= 4 is 23.5 Å². The Hall–Kier alpha value is -2.70. The second-order valence-corrected chi connectivity index (χ2v) is 5.67. The molecule has 0 bridgehead atoms. The van der Waals surface area contributed by atoms with E-state index in [4.69, 9.17) is 5.11 Å². The summed E-state index contributed by atoms with van der Waals surface area (Å²) in [6.07, 6.45) is 0.945. The Labute approximate surface area is 140 Å². The maximum atomic E-state index is 12.7. The van der Waals surface area contributed by atoms with Crippen LogP contribution in [-0.2, 0) is 20.9 Å². The Morgan fingerprint density at radius 3 is 2.58 bits per heavy atom. The van der Waals surface area contributed by atoms with Crippen LogP contribution >= 0.6 is 0 Å². The fourth-order valence-electron chi connectivity index (χ4n) is 2.48. The number of hydrazone groups is 1. The minimum atomic E-state index is -0.887. The molecule has 128 valence electrons. The van der Waals surface area contributed by atoms with Crippen LogP contribution in [0.5, 0.6) is 0 Å². The van der Waals surface area contributed by atoms with Gasteiger partial charge < -0.3 is 10.0 Å². The standard InChI is InChI=1S/C17H21N3O4/c1-19-15(21)10-9-14(18-19)17(24)20(11-5-8-16(22)23)12-13-6-3-2-4-7-13/h2-4,6-7H,5,8-12H2,1H3,(H,22,23). The molecule has 24 heavy (non-hydrogen) atoms. The summed E-state index contributed by atoms with van der Waals surface area (Å²) in [5.74, 6) is -1.25. The quantitative estimate of drug-likeness (QED) is 0.819. The first-order valence-electron chi connectivity index (χ1n) is 7.86. The second kappa shape index (κ2) is 8.24. The van der Waals surface area contributed by atoms with Gasteiger partial charge in [0, 0.05) is 39.4 Å². The van der Waals surface area contributed by atoms with Crippen LogP contribution in [0.25, 0.3) is 0 Å². The van der Waals surface area contributed by atoms with Crippen LogP contribution in [-0.4, -0.2) is 52.1 Å². The lowest BCUT2D eigenvalue weighted by Gasteiger charge is -2.26. The number of hydrogen-bond acceptors (Lipinski definition) is 4. The fourth-order valence-corrected chi connectivity index (χ4v) is 2.48. The molecule has 1 aliphatic rings. The molecule has 0 saturated heterocycles. The molecule has 1 aromatic carbocycles. The van der Waals surface area contributed by atoms with E-state index in [-0.39, 0.29) is 24.7 Å². The summed E-state index contributed by atoms with van der Waals surface area (Å²) in [4.78, 5) is 36.6. The third-order valence-electron chi connectivity index (χ3n) is 3.78. The van der Waals surface area contributed by atoms with Crippen LogP contribution in [0.15, 0.2) is 35.4 Å². The van der Waals surface area contributed by atoms with E-state index in [0.717, 1.165) is 5.56 Å². The molecule has 0 fully saturated rings. The maximum Gasteiger partial charge on any atom is 0.303 e. The Kier molecular flexibility index (Phi) is 6.06. The van der Waals surface area contributed by atoms with Crippen LogP contribution in [0.1, 0.15) is 31.2 Å². The van der Waals surface area contributed by atoms with E-state index in [1.54, 1.807) is 4.90 Å². The molecule has 0 saturated carbocycles. The van der Waals surface area contributed by atoms with Gasteiger partial charge in [-0.1, -0.05) is 30.3 Å². The molecule has 0 unspecified atom stereocenters. The van der Waals surface area contributed by atoms with E-state index in [2.05, 4.69) is 5.10 Å². The first kappa shape index (κ1) is 17.7. The van der Waals surface area contributed by atoms with Crippen molar-refractivity contribution in [3.8, 4) is 0 Å². The highest BCUT2D eigenvalue weighted by atomic mass is 16.4. The van der Waals surface area contributed by atoms with Crippen LogP contribution in [0, 0.1) is 0 Å². The summed E-state index contributed by atoms with van der Waals surface area (Å²) in [6, 6.07) is 9.50. The molecule has 0 radical (unpaired) electrons. The van der Waals surface area contributed by atoms with E-state index in [1.807, 2.05) is 30.3 Å². The zero-order valence-electron chi connectivity index (χ0n) is 13.6. The van der Waals surface area contributed by atoms with Gasteiger partial charge >= 0.3 is 5.97 Å². The van der Waals surface area contributed by atoms with Gasteiger partial charge in [-0.2, -0.15) is 5.10 Å². The van der Waals surface area contributed by atoms with Gasteiger partial charge in [0.05, 0.1) is 0 Å². The lowest BCUT2D eigenvalue weighted by molar-refractivity contribution is -0.137. The largest absolute Gasteiger partial charge is 0.481 e. The summed E-state index contributed by atoms with van der Waals surface area (Å²) < 4.78 is 0. The Morgan fingerprint density at radius 1 is 1.25 bits per heavy atom. The minimum Gasteiger partial charge on any atom is -0.481 e. The van der Waals surface area contributed by atoms with Crippen LogP contribution in [0.4, 0.5) is 0 Å². The predicted molar refractivity (Wildman–Crippen MR) is 88.2 cm³/mol. The monoisotopic (exact) mass is 331 g/mol. The van der Waals surface area contributed by atoms with Crippen molar-refractivity contribution in [2.75, 3.05) is 13.6 Å². The van der Waals surface area contributed by atoms with E-state index < -0.39 is 5.97 Å². The van der Waals surface area contributed by atoms with Gasteiger partial charge in [-0.25, -0.2) is 5.01 Å². The van der Waals surface area contributed by atoms with Gasteiger partial charge in [-0.15, -0.1) is 0 Å². The highest BCUT2D eigenvalue weighted by Crippen LogP contribution is 2.13. The molecule has 0 aliphatic carbocycles. The second-order valence-electron chi connectivity index (χ2n) is 5.67. The highest BCUT2D eigenvalue weighted by Gasteiger charge is 2.26. The number of carbonyl (C=O) groups excluding carboxylic acids is 2. The van der Waals surface area contributed by atoms with Crippen LogP contribution < -0.4 is 0 Å². The number of carbonyl (C=O) groups is 3. The van der Waals surface area contributed by atoms with Crippen molar-refractivity contribution in [3.63, 3.8) is 0 Å². The van der Waals surface area contributed by atoms with Gasteiger partial charge in [0.15, 0.2) is 0 Å². The molecule has 7 nitrogen and oxygen atoms in total. The number of carboxylic acids is 1. The van der Waals surface area contributed by atoms with Crippen molar-refractivity contribution in [3.05, 3.63) is 35.9 Å². The van der Waals surface area contributed by atoms with E-state index in [1.165, 1.54) is 12.1 Å². The summed E-state index contributed by atoms with van der Waals surface area (Å²) in [5, 5.41) is 14.0. The van der Waals surface area contributed by atoms with Gasteiger partial charge in [0.25, 0.3) is 5.91 Å². The van der Waals surface area contributed by atoms with Gasteiger partial charge in [0.2, 0.25) is 5.91 Å². The van der Waals surface area contributed by atoms with Crippen LogP contribution in [0.3, 0.4) is 0 Å². The maximum absolute atomic E-state index is 12.7. The summed E-state index contributed by atoms with van der Waals surface area (Å²) in [5.41, 5.74) is 1.30. The molecular formula is C17H21N3O4. The Morgan fingerprint density at radius 2 is 1.96 bits per heavy atom. The number of benzene rings is 1. The Balaban J connectivity index is 2.11. The van der Waals surface area contributed by atoms with Crippen molar-refractivity contribution in [1.29, 1.82) is 0 Å². The first-order chi connectivity index (χ1) is 11.5. The topological polar surface area (TPSA) is 90.3 Å². The molecule has 1 N–H and O–H groups in total. The molecule has 1 aromatic rings. The van der Waals surface area contributed by atoms with E-state index in [9.17, 15) is 14.4 Å².